The van der Waals surface area contributed by atoms with Crippen molar-refractivity contribution in [2.24, 2.45) is 5.73 Å². The van der Waals surface area contributed by atoms with Crippen molar-refractivity contribution in [1.29, 1.82) is 0 Å². The molecule has 7 nitrogen and oxygen atoms in total. The Balaban J connectivity index is 1.81. The van der Waals surface area contributed by atoms with Crippen LogP contribution >= 0.6 is 22.9 Å². The molecule has 0 bridgehead atoms. The number of likely N-dealkylation sites (N-methyl/N-ethyl adjacent to an activating group) is 1. The number of rotatable bonds is 8. The van der Waals surface area contributed by atoms with Crippen LogP contribution in [0.3, 0.4) is 0 Å². The van der Waals surface area contributed by atoms with Gasteiger partial charge >= 0.3 is 0 Å². The molecule has 1 aromatic carbocycles. The Bertz CT molecular complexity index is 927. The minimum absolute atomic E-state index is 0.0769. The second-order valence-corrected chi connectivity index (χ2v) is 10.0. The van der Waals surface area contributed by atoms with Crippen LogP contribution < -0.4 is 15.8 Å². The molecule has 1 aliphatic rings. The van der Waals surface area contributed by atoms with Gasteiger partial charge in [-0.15, -0.1) is 11.3 Å². The highest BCUT2D eigenvalue weighted by molar-refractivity contribution is 7.93. The molecule has 1 unspecified atom stereocenters. The topological polar surface area (TPSA) is 100 Å². The van der Waals surface area contributed by atoms with Crippen molar-refractivity contribution < 1.29 is 12.8 Å². The van der Waals surface area contributed by atoms with Crippen LogP contribution in [0.25, 0.3) is 0 Å². The summed E-state index contributed by atoms with van der Waals surface area (Å²) < 4.78 is 42.0. The maximum atomic E-state index is 14.7. The Labute approximate surface area is 179 Å². The third kappa shape index (κ3) is 5.37. The molecule has 29 heavy (non-hydrogen) atoms. The van der Waals surface area contributed by atoms with Gasteiger partial charge in [0.25, 0.3) is 10.0 Å². The molecule has 1 aromatic heterocycles. The van der Waals surface area contributed by atoms with Crippen molar-refractivity contribution in [1.82, 2.24) is 9.88 Å². The highest BCUT2D eigenvalue weighted by Gasteiger charge is 2.29. The van der Waals surface area contributed by atoms with Gasteiger partial charge in [0.05, 0.1) is 10.7 Å². The van der Waals surface area contributed by atoms with E-state index in [1.807, 2.05) is 7.05 Å². The number of anilines is 2. The standard InChI is InChI=1S/C18H25ClFN5O2S2/c1-25(8-6-21)16-5-3-2-4-14(16)23-15-11-13(20)17(10-12(15)19)29(26,27)24-18-22-7-9-28-18/h7,9-11,14,16,23H,2-6,8,21H2,1H3,(H,22,24)/t14?,16-/m0/s1. The Morgan fingerprint density at radius 3 is 2.83 bits per heavy atom. The van der Waals surface area contributed by atoms with E-state index in [-0.39, 0.29) is 22.2 Å². The van der Waals surface area contributed by atoms with Gasteiger partial charge in [-0.2, -0.15) is 0 Å². The number of halogens is 2. The summed E-state index contributed by atoms with van der Waals surface area (Å²) in [6.07, 6.45) is 5.58. The predicted molar refractivity (Wildman–Crippen MR) is 116 cm³/mol. The summed E-state index contributed by atoms with van der Waals surface area (Å²) in [4.78, 5) is 5.56. The molecule has 1 saturated carbocycles. The number of hydrogen-bond acceptors (Lipinski definition) is 7. The number of sulfonamides is 1. The van der Waals surface area contributed by atoms with Gasteiger partial charge in [0.1, 0.15) is 10.7 Å². The molecule has 2 aromatic rings. The summed E-state index contributed by atoms with van der Waals surface area (Å²) in [5.74, 6) is -0.872. The van der Waals surface area contributed by atoms with E-state index >= 15 is 0 Å². The minimum atomic E-state index is -4.13. The molecule has 4 N–H and O–H groups in total. The Kier molecular flexibility index (Phi) is 7.33. The van der Waals surface area contributed by atoms with E-state index in [0.717, 1.165) is 55.7 Å². The Hall–Kier alpha value is -1.46. The highest BCUT2D eigenvalue weighted by atomic mass is 35.5. The SMILES string of the molecule is CN(CCN)[C@H]1CCCCC1Nc1cc(F)c(S(=O)(=O)Nc2nccs2)cc1Cl. The lowest BCUT2D eigenvalue weighted by Crippen LogP contribution is -2.48. The van der Waals surface area contributed by atoms with Gasteiger partial charge < -0.3 is 16.0 Å². The molecule has 11 heteroatoms. The number of hydrogen-bond donors (Lipinski definition) is 3. The third-order valence-corrected chi connectivity index (χ3v) is 7.57. The molecule has 1 fully saturated rings. The smallest absolute Gasteiger partial charge is 0.266 e. The van der Waals surface area contributed by atoms with Crippen LogP contribution in [0.5, 0.6) is 0 Å². The van der Waals surface area contributed by atoms with Gasteiger partial charge in [-0.3, -0.25) is 4.72 Å². The lowest BCUT2D eigenvalue weighted by molar-refractivity contribution is 0.181. The summed E-state index contributed by atoms with van der Waals surface area (Å²) in [5.41, 5.74) is 6.07. The second kappa shape index (κ2) is 9.57. The van der Waals surface area contributed by atoms with E-state index in [0.29, 0.717) is 12.2 Å². The van der Waals surface area contributed by atoms with Crippen molar-refractivity contribution >= 4 is 43.8 Å². The first-order valence-corrected chi connectivity index (χ1v) is 12.1. The molecule has 1 aliphatic carbocycles. The fraction of sp³-hybridized carbons (Fsp3) is 0.500. The molecular weight excluding hydrogens is 437 g/mol. The zero-order chi connectivity index (χ0) is 21.0. The largest absolute Gasteiger partial charge is 0.379 e. The summed E-state index contributed by atoms with van der Waals surface area (Å²) in [7, 11) is -2.10. The molecule has 0 radical (unpaired) electrons. The number of benzene rings is 1. The average molecular weight is 462 g/mol. The van der Waals surface area contributed by atoms with Crippen molar-refractivity contribution in [3.8, 4) is 0 Å². The van der Waals surface area contributed by atoms with Crippen molar-refractivity contribution in [3.63, 3.8) is 0 Å². The quantitative estimate of drug-likeness (QED) is 0.557. The first kappa shape index (κ1) is 22.2. The maximum Gasteiger partial charge on any atom is 0.266 e. The molecule has 160 valence electrons. The van der Waals surface area contributed by atoms with Gasteiger partial charge in [0.15, 0.2) is 5.13 Å². The average Bonchev–Trinajstić information content (AvgIpc) is 3.17. The Morgan fingerprint density at radius 2 is 2.14 bits per heavy atom. The van der Waals surface area contributed by atoms with E-state index in [9.17, 15) is 12.8 Å². The third-order valence-electron chi connectivity index (χ3n) is 5.08. The number of aromatic nitrogens is 1. The number of thiazole rings is 1. The zero-order valence-corrected chi connectivity index (χ0v) is 18.5. The van der Waals surface area contributed by atoms with Gasteiger partial charge in [-0.05, 0) is 32.0 Å². The monoisotopic (exact) mass is 461 g/mol. The minimum Gasteiger partial charge on any atom is -0.379 e. The summed E-state index contributed by atoms with van der Waals surface area (Å²) in [6.45, 7) is 1.33. The van der Waals surface area contributed by atoms with Crippen LogP contribution in [0.1, 0.15) is 25.7 Å². The van der Waals surface area contributed by atoms with Crippen molar-refractivity contribution in [2.75, 3.05) is 30.2 Å². The van der Waals surface area contributed by atoms with Gasteiger partial charge in [0.2, 0.25) is 0 Å². The fourth-order valence-corrected chi connectivity index (χ4v) is 5.82. The van der Waals surface area contributed by atoms with Crippen LogP contribution in [0.4, 0.5) is 15.2 Å². The van der Waals surface area contributed by atoms with Gasteiger partial charge in [-0.25, -0.2) is 17.8 Å². The normalized spacial score (nSPS) is 20.0. The Morgan fingerprint density at radius 1 is 1.38 bits per heavy atom. The molecule has 2 atom stereocenters. The molecule has 3 rings (SSSR count). The van der Waals surface area contributed by atoms with E-state index in [1.54, 1.807) is 5.38 Å². The molecule has 0 aliphatic heterocycles. The lowest BCUT2D eigenvalue weighted by atomic mass is 9.89. The first-order valence-electron chi connectivity index (χ1n) is 9.40. The highest BCUT2D eigenvalue weighted by Crippen LogP contribution is 2.32. The zero-order valence-electron chi connectivity index (χ0n) is 16.1. The summed E-state index contributed by atoms with van der Waals surface area (Å²) >= 11 is 7.43. The van der Waals surface area contributed by atoms with Crippen LogP contribution in [0.2, 0.25) is 5.02 Å². The number of nitrogens with one attached hydrogen (secondary N) is 2. The maximum absolute atomic E-state index is 14.7. The molecule has 0 saturated heterocycles. The fourth-order valence-electron chi connectivity index (χ4n) is 3.67. The first-order chi connectivity index (χ1) is 13.8. The van der Waals surface area contributed by atoms with Crippen LogP contribution in [-0.4, -0.2) is 50.5 Å². The molecule has 1 heterocycles. The van der Waals surface area contributed by atoms with Crippen LogP contribution in [0.15, 0.2) is 28.6 Å². The van der Waals surface area contributed by atoms with Crippen LogP contribution in [0, 0.1) is 5.82 Å². The van der Waals surface area contributed by atoms with E-state index < -0.39 is 20.7 Å². The van der Waals surface area contributed by atoms with E-state index in [1.165, 1.54) is 6.20 Å². The predicted octanol–water partition coefficient (Wildman–Crippen LogP) is 3.35. The van der Waals surface area contributed by atoms with Crippen LogP contribution in [-0.2, 0) is 10.0 Å². The number of nitrogens with two attached hydrogens (primary N) is 1. The lowest BCUT2D eigenvalue weighted by Gasteiger charge is -2.39. The summed E-state index contributed by atoms with van der Waals surface area (Å²) in [6, 6.07) is 2.61. The molecule has 0 amide bonds. The second-order valence-electron chi connectivity index (χ2n) is 7.08. The number of nitrogens with zero attached hydrogens (tertiary/aromatic N) is 2. The van der Waals surface area contributed by atoms with Crippen molar-refractivity contribution in [2.45, 2.75) is 42.7 Å². The van der Waals surface area contributed by atoms with E-state index in [2.05, 4.69) is 19.9 Å². The van der Waals surface area contributed by atoms with E-state index in [4.69, 9.17) is 17.3 Å². The molecule has 0 spiro atoms. The summed E-state index contributed by atoms with van der Waals surface area (Å²) in [5, 5.41) is 5.26. The van der Waals surface area contributed by atoms with Crippen molar-refractivity contribution in [3.05, 3.63) is 34.5 Å². The van der Waals surface area contributed by atoms with Gasteiger partial charge in [0, 0.05) is 36.8 Å². The molecular formula is C18H25ClFN5O2S2. The van der Waals surface area contributed by atoms with Gasteiger partial charge in [-0.1, -0.05) is 24.4 Å².